The van der Waals surface area contributed by atoms with Crippen LogP contribution in [0.1, 0.15) is 25.3 Å². The standard InChI is InChI=1S/C20H28O2Si/c1-17(20(21)11-6-7-16-23(3,4)5)9-8-10-18-12-14-19(22-2)15-13-18/h8-10,12-15,20-21H,6,11H2,1-5H3/b10-8+,17-9-. The normalized spacial score (nSPS) is 13.6. The summed E-state index contributed by atoms with van der Waals surface area (Å²) in [5.74, 6) is 4.05. The highest BCUT2D eigenvalue weighted by atomic mass is 28.3. The molecule has 0 fully saturated rings. The van der Waals surface area contributed by atoms with E-state index >= 15 is 0 Å². The fraction of sp³-hybridized carbons (Fsp3) is 0.400. The zero-order valence-corrected chi connectivity index (χ0v) is 15.9. The van der Waals surface area contributed by atoms with Crippen LogP contribution in [0.15, 0.2) is 42.0 Å². The average Bonchev–Trinajstić information content (AvgIpc) is 2.51. The molecule has 2 nitrogen and oxygen atoms in total. The fourth-order valence-electron chi connectivity index (χ4n) is 1.90. The van der Waals surface area contributed by atoms with E-state index in [1.165, 1.54) is 0 Å². The van der Waals surface area contributed by atoms with Crippen LogP contribution in [0.2, 0.25) is 19.6 Å². The lowest BCUT2D eigenvalue weighted by atomic mass is 10.1. The Morgan fingerprint density at radius 1 is 1.26 bits per heavy atom. The number of ether oxygens (including phenoxy) is 1. The smallest absolute Gasteiger partial charge is 0.129 e. The van der Waals surface area contributed by atoms with Gasteiger partial charge in [-0.05, 0) is 36.6 Å². The minimum Gasteiger partial charge on any atom is -0.497 e. The predicted molar refractivity (Wildman–Crippen MR) is 102 cm³/mol. The molecule has 1 N–H and O–H groups in total. The Hall–Kier alpha value is -1.76. The Labute approximate surface area is 141 Å². The molecule has 124 valence electrons. The van der Waals surface area contributed by atoms with Gasteiger partial charge in [-0.1, -0.05) is 50.0 Å². The van der Waals surface area contributed by atoms with Crippen LogP contribution >= 0.6 is 0 Å². The fourth-order valence-corrected chi connectivity index (χ4v) is 2.56. The Morgan fingerprint density at radius 2 is 1.91 bits per heavy atom. The molecule has 0 radical (unpaired) electrons. The summed E-state index contributed by atoms with van der Waals surface area (Å²) in [7, 11) is 0.360. The van der Waals surface area contributed by atoms with E-state index in [4.69, 9.17) is 4.74 Å². The molecule has 3 heteroatoms. The summed E-state index contributed by atoms with van der Waals surface area (Å²) in [6, 6.07) is 7.87. The van der Waals surface area contributed by atoms with Gasteiger partial charge in [0, 0.05) is 6.42 Å². The van der Waals surface area contributed by atoms with E-state index in [9.17, 15) is 5.11 Å². The first-order chi connectivity index (χ1) is 10.8. The van der Waals surface area contributed by atoms with Gasteiger partial charge in [-0.15, -0.1) is 11.5 Å². The zero-order valence-electron chi connectivity index (χ0n) is 14.9. The van der Waals surface area contributed by atoms with E-state index in [0.29, 0.717) is 6.42 Å². The maximum Gasteiger partial charge on any atom is 0.129 e. The van der Waals surface area contributed by atoms with Gasteiger partial charge >= 0.3 is 0 Å². The van der Waals surface area contributed by atoms with Crippen LogP contribution in [-0.2, 0) is 0 Å². The van der Waals surface area contributed by atoms with Crippen molar-refractivity contribution in [3.63, 3.8) is 0 Å². The van der Waals surface area contributed by atoms with Crippen molar-refractivity contribution in [2.45, 2.75) is 45.5 Å². The van der Waals surface area contributed by atoms with Crippen molar-refractivity contribution in [3.05, 3.63) is 47.6 Å². The van der Waals surface area contributed by atoms with Crippen molar-refractivity contribution in [2.24, 2.45) is 0 Å². The summed E-state index contributed by atoms with van der Waals surface area (Å²) in [5, 5.41) is 10.1. The molecule has 0 heterocycles. The lowest BCUT2D eigenvalue weighted by molar-refractivity contribution is 0.202. The summed E-state index contributed by atoms with van der Waals surface area (Å²) < 4.78 is 5.13. The number of rotatable bonds is 6. The molecule has 0 aliphatic carbocycles. The van der Waals surface area contributed by atoms with Crippen molar-refractivity contribution >= 4 is 14.1 Å². The Kier molecular flexibility index (Phi) is 7.87. The van der Waals surface area contributed by atoms with Crippen molar-refractivity contribution < 1.29 is 9.84 Å². The van der Waals surface area contributed by atoms with Crippen molar-refractivity contribution in [1.82, 2.24) is 0 Å². The van der Waals surface area contributed by atoms with Gasteiger partial charge in [-0.2, -0.15) is 0 Å². The molecule has 0 saturated carbocycles. The number of hydrogen-bond acceptors (Lipinski definition) is 2. The molecular weight excluding hydrogens is 300 g/mol. The van der Waals surface area contributed by atoms with E-state index in [1.54, 1.807) is 7.11 Å². The largest absolute Gasteiger partial charge is 0.497 e. The maximum absolute atomic E-state index is 10.1. The minimum atomic E-state index is -1.30. The van der Waals surface area contributed by atoms with E-state index in [-0.39, 0.29) is 0 Å². The van der Waals surface area contributed by atoms with E-state index < -0.39 is 14.2 Å². The summed E-state index contributed by atoms with van der Waals surface area (Å²) in [6.45, 7) is 8.64. The first-order valence-corrected chi connectivity index (χ1v) is 11.5. The minimum absolute atomic E-state index is 0.425. The third-order valence-electron chi connectivity index (χ3n) is 3.30. The lowest BCUT2D eigenvalue weighted by Crippen LogP contribution is -2.16. The van der Waals surface area contributed by atoms with Crippen LogP contribution in [0.25, 0.3) is 6.08 Å². The van der Waals surface area contributed by atoms with Crippen molar-refractivity contribution in [1.29, 1.82) is 0 Å². The van der Waals surface area contributed by atoms with E-state index in [0.717, 1.165) is 23.3 Å². The van der Waals surface area contributed by atoms with Gasteiger partial charge in [-0.25, -0.2) is 0 Å². The van der Waals surface area contributed by atoms with Gasteiger partial charge < -0.3 is 9.84 Å². The molecule has 1 atom stereocenters. The second kappa shape index (κ2) is 9.39. The van der Waals surface area contributed by atoms with Crippen molar-refractivity contribution in [2.75, 3.05) is 7.11 Å². The van der Waals surface area contributed by atoms with Crippen LogP contribution in [0.5, 0.6) is 5.75 Å². The number of aliphatic hydroxyl groups is 1. The molecule has 0 saturated heterocycles. The Bertz CT molecular complexity index is 595. The van der Waals surface area contributed by atoms with Crippen LogP contribution in [-0.4, -0.2) is 26.4 Å². The summed E-state index contributed by atoms with van der Waals surface area (Å²) in [5.41, 5.74) is 5.39. The zero-order chi connectivity index (χ0) is 17.3. The topological polar surface area (TPSA) is 29.5 Å². The van der Waals surface area contributed by atoms with Gasteiger partial charge in [0.2, 0.25) is 0 Å². The lowest BCUT2D eigenvalue weighted by Gasteiger charge is -2.09. The monoisotopic (exact) mass is 328 g/mol. The molecule has 0 aliphatic rings. The predicted octanol–water partition coefficient (Wildman–Crippen LogP) is 4.68. The molecule has 0 aliphatic heterocycles. The van der Waals surface area contributed by atoms with Gasteiger partial charge in [0.25, 0.3) is 0 Å². The number of aliphatic hydroxyl groups excluding tert-OH is 1. The molecule has 1 unspecified atom stereocenters. The SMILES string of the molecule is COc1ccc(/C=C/C=C(/C)C(O)CCC#C[Si](C)(C)C)cc1. The summed E-state index contributed by atoms with van der Waals surface area (Å²) in [4.78, 5) is 0. The molecule has 0 bridgehead atoms. The van der Waals surface area contributed by atoms with Gasteiger partial charge in [-0.3, -0.25) is 0 Å². The highest BCUT2D eigenvalue weighted by Crippen LogP contribution is 2.13. The molecule has 1 rings (SSSR count). The number of allylic oxidation sites excluding steroid dienone is 2. The van der Waals surface area contributed by atoms with Gasteiger partial charge in [0.15, 0.2) is 0 Å². The number of hydrogen-bond donors (Lipinski definition) is 1. The molecule has 0 aromatic heterocycles. The van der Waals surface area contributed by atoms with Gasteiger partial charge in [0.05, 0.1) is 13.2 Å². The van der Waals surface area contributed by atoms with E-state index in [2.05, 4.69) is 31.1 Å². The number of benzene rings is 1. The summed E-state index contributed by atoms with van der Waals surface area (Å²) >= 11 is 0. The molecular formula is C20H28O2Si. The Morgan fingerprint density at radius 3 is 2.48 bits per heavy atom. The molecule has 0 amide bonds. The first kappa shape index (κ1) is 19.3. The average molecular weight is 329 g/mol. The number of methoxy groups -OCH3 is 1. The van der Waals surface area contributed by atoms with Crippen molar-refractivity contribution in [3.8, 4) is 17.2 Å². The molecule has 0 spiro atoms. The maximum atomic E-state index is 10.1. The van der Waals surface area contributed by atoms with Crippen LogP contribution in [0, 0.1) is 11.5 Å². The van der Waals surface area contributed by atoms with Crippen LogP contribution in [0.4, 0.5) is 0 Å². The van der Waals surface area contributed by atoms with Crippen LogP contribution in [0.3, 0.4) is 0 Å². The van der Waals surface area contributed by atoms with Gasteiger partial charge in [0.1, 0.15) is 13.8 Å². The molecule has 1 aromatic carbocycles. The van der Waals surface area contributed by atoms with E-state index in [1.807, 2.05) is 49.4 Å². The second-order valence-electron chi connectivity index (χ2n) is 6.65. The highest BCUT2D eigenvalue weighted by molar-refractivity contribution is 6.83. The third kappa shape index (κ3) is 8.44. The molecule has 1 aromatic rings. The third-order valence-corrected chi connectivity index (χ3v) is 4.22. The second-order valence-corrected chi connectivity index (χ2v) is 11.4. The molecule has 23 heavy (non-hydrogen) atoms. The van der Waals surface area contributed by atoms with Crippen LogP contribution < -0.4 is 4.74 Å². The quantitative estimate of drug-likeness (QED) is 0.467. The first-order valence-electron chi connectivity index (χ1n) is 7.99. The summed E-state index contributed by atoms with van der Waals surface area (Å²) in [6.07, 6.45) is 6.95. The Balaban J connectivity index is 2.50. The highest BCUT2D eigenvalue weighted by Gasteiger charge is 2.08.